The Bertz CT molecular complexity index is 345. The Morgan fingerprint density at radius 1 is 1.47 bits per heavy atom. The van der Waals surface area contributed by atoms with E-state index in [2.05, 4.69) is 24.3 Å². The van der Waals surface area contributed by atoms with Gasteiger partial charge in [0.25, 0.3) is 0 Å². The molecular formula is C10H17Cl2N3. The van der Waals surface area contributed by atoms with E-state index in [4.69, 9.17) is 23.2 Å². The molecule has 0 unspecified atom stereocenters. The van der Waals surface area contributed by atoms with Crippen LogP contribution in [0, 0.1) is 6.92 Å². The highest BCUT2D eigenvalue weighted by Crippen LogP contribution is 2.19. The Labute approximate surface area is 101 Å². The quantitative estimate of drug-likeness (QED) is 0.832. The van der Waals surface area contributed by atoms with Crippen LogP contribution < -0.4 is 5.32 Å². The molecule has 1 aromatic heterocycles. The first-order valence-corrected chi connectivity index (χ1v) is 5.77. The monoisotopic (exact) mass is 249 g/mol. The van der Waals surface area contributed by atoms with Gasteiger partial charge in [0, 0.05) is 25.0 Å². The Morgan fingerprint density at radius 3 is 2.47 bits per heavy atom. The van der Waals surface area contributed by atoms with Crippen LogP contribution in [-0.2, 0) is 13.6 Å². The molecule has 0 saturated heterocycles. The number of aryl methyl sites for hydroxylation is 2. The molecule has 86 valence electrons. The second-order valence-electron chi connectivity index (χ2n) is 4.34. The summed E-state index contributed by atoms with van der Waals surface area (Å²) in [5.74, 6) is 0.557. The summed E-state index contributed by atoms with van der Waals surface area (Å²) in [4.78, 5) is 0. The van der Waals surface area contributed by atoms with Crippen molar-refractivity contribution in [2.45, 2.75) is 32.9 Å². The molecule has 1 heterocycles. The highest BCUT2D eigenvalue weighted by Gasteiger charge is 2.18. The van der Waals surface area contributed by atoms with Crippen molar-refractivity contribution in [3.8, 4) is 0 Å². The second kappa shape index (κ2) is 4.73. The molecule has 15 heavy (non-hydrogen) atoms. The Balaban J connectivity index is 2.73. The zero-order valence-corrected chi connectivity index (χ0v) is 11.1. The molecule has 1 rings (SSSR count). The van der Waals surface area contributed by atoms with Gasteiger partial charge in [-0.2, -0.15) is 5.10 Å². The van der Waals surface area contributed by atoms with Crippen molar-refractivity contribution in [3.63, 3.8) is 0 Å². The zero-order valence-electron chi connectivity index (χ0n) is 9.56. The maximum absolute atomic E-state index is 6.13. The summed E-state index contributed by atoms with van der Waals surface area (Å²) in [7, 11) is 1.89. The summed E-state index contributed by atoms with van der Waals surface area (Å²) in [6.07, 6.45) is 0. The molecule has 1 aromatic rings. The lowest BCUT2D eigenvalue weighted by Gasteiger charge is -2.23. The number of rotatable bonds is 4. The summed E-state index contributed by atoms with van der Waals surface area (Å²) in [5.41, 5.74) is 1.76. The van der Waals surface area contributed by atoms with Gasteiger partial charge in [0.15, 0.2) is 0 Å². The normalized spacial score (nSPS) is 12.1. The molecule has 0 spiro atoms. The number of hydrogen-bond acceptors (Lipinski definition) is 2. The third kappa shape index (κ3) is 3.10. The third-order valence-electron chi connectivity index (χ3n) is 2.33. The molecule has 1 N–H and O–H groups in total. The SMILES string of the molecule is Cc1nn(C)c(CNC(C)(C)CCl)c1Cl. The molecule has 3 nitrogen and oxygen atoms in total. The van der Waals surface area contributed by atoms with Crippen molar-refractivity contribution < 1.29 is 0 Å². The summed E-state index contributed by atoms with van der Waals surface area (Å²) >= 11 is 12.0. The fourth-order valence-corrected chi connectivity index (χ4v) is 1.56. The Hall–Kier alpha value is -0.250. The molecule has 0 aliphatic carbocycles. The largest absolute Gasteiger partial charge is 0.305 e. The average Bonchev–Trinajstić information content (AvgIpc) is 2.39. The minimum absolute atomic E-state index is 0.0942. The van der Waals surface area contributed by atoms with Gasteiger partial charge in [-0.1, -0.05) is 11.6 Å². The highest BCUT2D eigenvalue weighted by molar-refractivity contribution is 6.31. The van der Waals surface area contributed by atoms with E-state index in [1.165, 1.54) is 0 Å². The van der Waals surface area contributed by atoms with Crippen molar-refractivity contribution in [1.82, 2.24) is 15.1 Å². The summed E-state index contributed by atoms with van der Waals surface area (Å²) < 4.78 is 1.80. The molecule has 0 bridgehead atoms. The average molecular weight is 250 g/mol. The summed E-state index contributed by atoms with van der Waals surface area (Å²) in [5, 5.41) is 8.32. The molecule has 0 saturated carbocycles. The lowest BCUT2D eigenvalue weighted by atomic mass is 10.1. The molecule has 0 atom stereocenters. The molecule has 5 heteroatoms. The predicted molar refractivity (Wildman–Crippen MR) is 64.6 cm³/mol. The first kappa shape index (κ1) is 12.8. The van der Waals surface area contributed by atoms with E-state index in [9.17, 15) is 0 Å². The van der Waals surface area contributed by atoms with E-state index in [1.807, 2.05) is 14.0 Å². The number of alkyl halides is 1. The van der Waals surface area contributed by atoms with Gasteiger partial charge in [-0.25, -0.2) is 0 Å². The van der Waals surface area contributed by atoms with E-state index in [0.29, 0.717) is 12.4 Å². The minimum atomic E-state index is -0.0942. The topological polar surface area (TPSA) is 29.9 Å². The van der Waals surface area contributed by atoms with Gasteiger partial charge >= 0.3 is 0 Å². The third-order valence-corrected chi connectivity index (χ3v) is 3.49. The van der Waals surface area contributed by atoms with E-state index in [0.717, 1.165) is 16.4 Å². The Morgan fingerprint density at radius 2 is 2.07 bits per heavy atom. The van der Waals surface area contributed by atoms with Crippen molar-refractivity contribution in [2.75, 3.05) is 5.88 Å². The standard InChI is InChI=1S/C10H17Cl2N3/c1-7-9(12)8(15(4)14-7)5-13-10(2,3)6-11/h13H,5-6H2,1-4H3. The molecule has 0 amide bonds. The number of aromatic nitrogens is 2. The van der Waals surface area contributed by atoms with Gasteiger partial charge in [-0.15, -0.1) is 11.6 Å². The summed E-state index contributed by atoms with van der Waals surface area (Å²) in [6.45, 7) is 6.68. The van der Waals surface area contributed by atoms with Crippen LogP contribution in [0.2, 0.25) is 5.02 Å². The number of nitrogens with zero attached hydrogens (tertiary/aromatic N) is 2. The minimum Gasteiger partial charge on any atom is -0.305 e. The highest BCUT2D eigenvalue weighted by atomic mass is 35.5. The lowest BCUT2D eigenvalue weighted by Crippen LogP contribution is -2.40. The van der Waals surface area contributed by atoms with Gasteiger partial charge in [0.2, 0.25) is 0 Å². The van der Waals surface area contributed by atoms with Crippen molar-refractivity contribution in [2.24, 2.45) is 7.05 Å². The number of nitrogens with one attached hydrogen (secondary N) is 1. The zero-order chi connectivity index (χ0) is 11.6. The number of halogens is 2. The summed E-state index contributed by atoms with van der Waals surface area (Å²) in [6, 6.07) is 0. The fraction of sp³-hybridized carbons (Fsp3) is 0.700. The van der Waals surface area contributed by atoms with Crippen LogP contribution in [0.25, 0.3) is 0 Å². The van der Waals surface area contributed by atoms with Crippen molar-refractivity contribution in [3.05, 3.63) is 16.4 Å². The fourth-order valence-electron chi connectivity index (χ4n) is 1.24. The Kier molecular flexibility index (Phi) is 4.04. The van der Waals surface area contributed by atoms with Crippen LogP contribution in [0.15, 0.2) is 0 Å². The molecule has 0 fully saturated rings. The molecule has 0 aliphatic heterocycles. The van der Waals surface area contributed by atoms with Crippen LogP contribution in [-0.4, -0.2) is 21.2 Å². The van der Waals surface area contributed by atoms with Crippen LogP contribution in [0.4, 0.5) is 0 Å². The first-order chi connectivity index (χ1) is 6.87. The van der Waals surface area contributed by atoms with Crippen LogP contribution in [0.5, 0.6) is 0 Å². The van der Waals surface area contributed by atoms with Crippen LogP contribution >= 0.6 is 23.2 Å². The second-order valence-corrected chi connectivity index (χ2v) is 4.99. The van der Waals surface area contributed by atoms with Gasteiger partial charge in [-0.3, -0.25) is 4.68 Å². The van der Waals surface area contributed by atoms with E-state index >= 15 is 0 Å². The van der Waals surface area contributed by atoms with E-state index in [-0.39, 0.29) is 5.54 Å². The van der Waals surface area contributed by atoms with Gasteiger partial charge < -0.3 is 5.32 Å². The van der Waals surface area contributed by atoms with Crippen LogP contribution in [0.3, 0.4) is 0 Å². The smallest absolute Gasteiger partial charge is 0.0860 e. The maximum atomic E-state index is 6.13. The van der Waals surface area contributed by atoms with E-state index in [1.54, 1.807) is 4.68 Å². The molecule has 0 aromatic carbocycles. The molecule has 0 aliphatic rings. The van der Waals surface area contributed by atoms with Gasteiger partial charge in [-0.05, 0) is 20.8 Å². The van der Waals surface area contributed by atoms with Crippen LogP contribution in [0.1, 0.15) is 25.2 Å². The number of hydrogen-bond donors (Lipinski definition) is 1. The first-order valence-electron chi connectivity index (χ1n) is 4.86. The maximum Gasteiger partial charge on any atom is 0.0860 e. The van der Waals surface area contributed by atoms with E-state index < -0.39 is 0 Å². The molecule has 0 radical (unpaired) electrons. The van der Waals surface area contributed by atoms with Crippen molar-refractivity contribution >= 4 is 23.2 Å². The molecular weight excluding hydrogens is 233 g/mol. The van der Waals surface area contributed by atoms with Crippen molar-refractivity contribution in [1.29, 1.82) is 0 Å². The predicted octanol–water partition coefficient (Wildman–Crippen LogP) is 2.49. The van der Waals surface area contributed by atoms with Gasteiger partial charge in [0.05, 0.1) is 16.4 Å². The lowest BCUT2D eigenvalue weighted by molar-refractivity contribution is 0.421. The van der Waals surface area contributed by atoms with Gasteiger partial charge in [0.1, 0.15) is 0 Å².